The third kappa shape index (κ3) is 12.4. The van der Waals surface area contributed by atoms with Crippen molar-refractivity contribution in [3.63, 3.8) is 0 Å². The number of halogens is 1. The summed E-state index contributed by atoms with van der Waals surface area (Å²) in [5.41, 5.74) is 7.72. The number of likely N-dealkylation sites (tertiary alicyclic amines) is 1. The molecule has 5 aromatic rings. The number of amides is 4. The highest BCUT2D eigenvalue weighted by atomic mass is 35.5. The maximum atomic E-state index is 14.2. The first kappa shape index (κ1) is 52.4. The number of β-amino-alcohol motifs (C(OH)–C–C–N with tert-alkyl or cyclic N) is 1. The monoisotopic (exact) mass is 1010 g/mol. The van der Waals surface area contributed by atoms with Crippen molar-refractivity contribution in [2.75, 3.05) is 53.1 Å². The predicted molar refractivity (Wildman–Crippen MR) is 272 cm³/mol. The molecule has 1 saturated heterocycles. The molecule has 0 bridgehead atoms. The van der Waals surface area contributed by atoms with Gasteiger partial charge >= 0.3 is 0 Å². The van der Waals surface area contributed by atoms with Gasteiger partial charge in [-0.3, -0.25) is 28.7 Å². The van der Waals surface area contributed by atoms with Crippen LogP contribution in [0.4, 0.5) is 0 Å². The molecule has 5 N–H and O–H groups in total. The number of thiazole rings is 1. The predicted octanol–water partition coefficient (Wildman–Crippen LogP) is 5.73. The fourth-order valence-electron chi connectivity index (χ4n) is 8.67. The Morgan fingerprint density at radius 2 is 1.64 bits per heavy atom. The standard InChI is InChI=1S/C50H63ClN10O7S2/c1-28-30(3)70-49-42(28)43(33-14-16-35(51)17-15-33)55-37(46-59-58-31(4)61(46)49)23-40(63)53-18-21-67-19-9-20-68-26-41(64)57-45(50(5,6)7)48(66)60-25-36(62)22-39(60)47(65)56-38(24-52-8)32-10-12-34(13-11-32)44-29(2)54-27-69-44/h10-17,27,36-39,45,52,62H,9,18-26H2,1-8H3,(H,53,63)(H,56,65)(H,57,64)/t36-,37+,38-,39+,45-/m1/s1. The summed E-state index contributed by atoms with van der Waals surface area (Å²) in [7, 11) is 1.80. The van der Waals surface area contributed by atoms with E-state index in [2.05, 4.69) is 50.3 Å². The van der Waals surface area contributed by atoms with Crippen LogP contribution in [0.2, 0.25) is 5.02 Å². The number of nitrogens with zero attached hydrogens (tertiary/aromatic N) is 6. The van der Waals surface area contributed by atoms with Crippen molar-refractivity contribution in [1.82, 2.24) is 45.9 Å². The zero-order valence-corrected chi connectivity index (χ0v) is 43.3. The van der Waals surface area contributed by atoms with Crippen LogP contribution >= 0.6 is 34.3 Å². The fraction of sp³-hybridized carbons (Fsp3) is 0.480. The number of hydrogen-bond acceptors (Lipinski definition) is 14. The summed E-state index contributed by atoms with van der Waals surface area (Å²) >= 11 is 9.46. The molecule has 17 nitrogen and oxygen atoms in total. The van der Waals surface area contributed by atoms with E-state index in [1.54, 1.807) is 29.7 Å². The minimum atomic E-state index is -0.997. The number of fused-ring (bicyclic) bond motifs is 3. The van der Waals surface area contributed by atoms with E-state index >= 15 is 0 Å². The maximum absolute atomic E-state index is 14.2. The molecule has 3 aromatic heterocycles. The van der Waals surface area contributed by atoms with Gasteiger partial charge in [-0.25, -0.2) is 4.98 Å². The molecule has 0 aliphatic carbocycles. The zero-order valence-electron chi connectivity index (χ0n) is 40.9. The van der Waals surface area contributed by atoms with Crippen molar-refractivity contribution in [1.29, 1.82) is 0 Å². The molecule has 0 unspecified atom stereocenters. The Kier molecular flexibility index (Phi) is 17.4. The van der Waals surface area contributed by atoms with Gasteiger partial charge in [0, 0.05) is 60.3 Å². The minimum Gasteiger partial charge on any atom is -0.391 e. The lowest BCUT2D eigenvalue weighted by Gasteiger charge is -2.35. The van der Waals surface area contributed by atoms with Crippen LogP contribution in [0.15, 0.2) is 59.0 Å². The molecule has 374 valence electrons. The number of benzene rings is 2. The van der Waals surface area contributed by atoms with Gasteiger partial charge in [0.25, 0.3) is 0 Å². The summed E-state index contributed by atoms with van der Waals surface area (Å²) in [6.45, 7) is 14.7. The lowest BCUT2D eigenvalue weighted by atomic mass is 9.85. The van der Waals surface area contributed by atoms with Crippen molar-refractivity contribution < 1.29 is 33.8 Å². The van der Waals surface area contributed by atoms with Gasteiger partial charge < -0.3 is 40.7 Å². The number of aliphatic imine (C=N–C) groups is 1. The summed E-state index contributed by atoms with van der Waals surface area (Å²) in [6, 6.07) is 12.6. The molecule has 2 aliphatic rings. The van der Waals surface area contributed by atoms with Crippen molar-refractivity contribution in [2.45, 2.75) is 98.0 Å². The number of aliphatic hydroxyl groups excluding tert-OH is 1. The maximum Gasteiger partial charge on any atom is 0.246 e. The van der Waals surface area contributed by atoms with Crippen molar-refractivity contribution >= 4 is 63.6 Å². The number of aryl methyl sites for hydroxylation is 3. The zero-order chi connectivity index (χ0) is 50.3. The molecule has 4 amide bonds. The van der Waals surface area contributed by atoms with Crippen LogP contribution in [-0.2, 0) is 28.7 Å². The third-order valence-electron chi connectivity index (χ3n) is 12.4. The second-order valence-electron chi connectivity index (χ2n) is 18.7. The molecule has 5 heterocycles. The summed E-state index contributed by atoms with van der Waals surface area (Å²) < 4.78 is 13.4. The SMILES string of the molecule is CNC[C@@H](NC(=O)[C@@H]1C[C@@H](O)CN1C(=O)[C@@H](NC(=O)COCCCOCCNC(=O)C[C@@H]1N=C(c2ccc(Cl)cc2)c2c(sc(C)c2C)-n2c(C)nnc21)C(C)(C)C)c1ccc(-c2scnc2C)cc1. The van der Waals surface area contributed by atoms with E-state index in [9.17, 15) is 24.3 Å². The van der Waals surface area contributed by atoms with Crippen molar-refractivity contribution in [3.05, 3.63) is 104 Å². The molecule has 7 rings (SSSR count). The number of nitrogens with one attached hydrogen (secondary N) is 4. The smallest absolute Gasteiger partial charge is 0.246 e. The van der Waals surface area contributed by atoms with Gasteiger partial charge in [-0.15, -0.1) is 32.9 Å². The lowest BCUT2D eigenvalue weighted by Crippen LogP contribution is -2.58. The second kappa shape index (κ2) is 23.2. The number of thiophene rings is 1. The van der Waals surface area contributed by atoms with Crippen molar-refractivity contribution in [2.24, 2.45) is 10.4 Å². The Morgan fingerprint density at radius 1 is 0.929 bits per heavy atom. The molecular formula is C50H63ClN10O7S2. The number of ether oxygens (including phenoxy) is 2. The Balaban J connectivity index is 0.852. The molecule has 5 atom stereocenters. The van der Waals surface area contributed by atoms with Crippen LogP contribution in [0.5, 0.6) is 0 Å². The topological polar surface area (TPSA) is 214 Å². The number of carbonyl (C=O) groups excluding carboxylic acids is 4. The van der Waals surface area contributed by atoms with Crippen LogP contribution in [-0.4, -0.2) is 130 Å². The molecule has 0 spiro atoms. The van der Waals surface area contributed by atoms with E-state index in [4.69, 9.17) is 26.1 Å². The Bertz CT molecular complexity index is 2680. The number of hydrogen-bond donors (Lipinski definition) is 5. The molecule has 2 aliphatic heterocycles. The number of aromatic nitrogens is 4. The normalized spacial score (nSPS) is 17.5. The second-order valence-corrected chi connectivity index (χ2v) is 21.2. The summed E-state index contributed by atoms with van der Waals surface area (Å²) in [6.07, 6.45) is -0.300. The highest BCUT2D eigenvalue weighted by Crippen LogP contribution is 2.40. The molecule has 20 heteroatoms. The van der Waals surface area contributed by atoms with E-state index in [1.165, 1.54) is 4.90 Å². The van der Waals surface area contributed by atoms with Gasteiger partial charge in [0.15, 0.2) is 5.82 Å². The number of rotatable bonds is 20. The van der Waals surface area contributed by atoms with Gasteiger partial charge in [0.05, 0.1) is 47.0 Å². The molecule has 0 radical (unpaired) electrons. The summed E-state index contributed by atoms with van der Waals surface area (Å²) in [5.74, 6) is -0.242. The first-order chi connectivity index (χ1) is 33.4. The van der Waals surface area contributed by atoms with Crippen LogP contribution in [0.3, 0.4) is 0 Å². The highest BCUT2D eigenvalue weighted by molar-refractivity contribution is 7.15. The van der Waals surface area contributed by atoms with Gasteiger partial charge in [-0.1, -0.05) is 68.8 Å². The van der Waals surface area contributed by atoms with E-state index in [0.717, 1.165) is 54.0 Å². The van der Waals surface area contributed by atoms with Gasteiger partial charge in [0.1, 0.15) is 35.6 Å². The van der Waals surface area contributed by atoms with E-state index in [0.29, 0.717) is 36.2 Å². The Hall–Kier alpha value is -5.41. The lowest BCUT2D eigenvalue weighted by molar-refractivity contribution is -0.144. The summed E-state index contributed by atoms with van der Waals surface area (Å²) in [4.78, 5) is 67.8. The van der Waals surface area contributed by atoms with E-state index < -0.39 is 53.4 Å². The van der Waals surface area contributed by atoms with E-state index in [1.807, 2.05) is 93.2 Å². The average molecular weight is 1020 g/mol. The Labute approximate surface area is 421 Å². The first-order valence-corrected chi connectivity index (χ1v) is 25.5. The van der Waals surface area contributed by atoms with Gasteiger partial charge in [0.2, 0.25) is 23.6 Å². The summed E-state index contributed by atoms with van der Waals surface area (Å²) in [5, 5.41) is 33.2. The third-order valence-corrected chi connectivity index (χ3v) is 14.9. The molecule has 0 saturated carbocycles. The van der Waals surface area contributed by atoms with Crippen LogP contribution in [0, 0.1) is 33.1 Å². The molecule has 70 heavy (non-hydrogen) atoms. The largest absolute Gasteiger partial charge is 0.391 e. The van der Waals surface area contributed by atoms with Crippen LogP contribution < -0.4 is 21.3 Å². The number of likely N-dealkylation sites (N-methyl/N-ethyl adjacent to an activating group) is 1. The fourth-order valence-corrected chi connectivity index (χ4v) is 10.8. The number of carbonyl (C=O) groups is 4. The Morgan fingerprint density at radius 3 is 2.33 bits per heavy atom. The highest BCUT2D eigenvalue weighted by Gasteiger charge is 2.45. The average Bonchev–Trinajstić information content (AvgIpc) is 4.09. The van der Waals surface area contributed by atoms with Crippen LogP contribution in [0.25, 0.3) is 15.4 Å². The van der Waals surface area contributed by atoms with E-state index in [-0.39, 0.29) is 51.7 Å². The molecular weight excluding hydrogens is 952 g/mol. The molecule has 1 fully saturated rings. The first-order valence-electron chi connectivity index (χ1n) is 23.5. The van der Waals surface area contributed by atoms with Gasteiger partial charge in [-0.05, 0) is 75.4 Å². The quantitative estimate of drug-likeness (QED) is 0.0594. The molecule has 2 aromatic carbocycles. The van der Waals surface area contributed by atoms with Crippen LogP contribution in [0.1, 0.15) is 96.6 Å². The van der Waals surface area contributed by atoms with Gasteiger partial charge in [-0.2, -0.15) is 0 Å². The number of aliphatic hydroxyl groups is 1. The minimum absolute atomic E-state index is 0.0418. The van der Waals surface area contributed by atoms with Crippen molar-refractivity contribution in [3.8, 4) is 15.4 Å².